The average molecular weight is 449 g/mol. The van der Waals surface area contributed by atoms with E-state index < -0.39 is 11.6 Å². The van der Waals surface area contributed by atoms with Crippen molar-refractivity contribution in [3.8, 4) is 5.75 Å². The summed E-state index contributed by atoms with van der Waals surface area (Å²) < 4.78 is 15.9. The van der Waals surface area contributed by atoms with Gasteiger partial charge in [0, 0.05) is 20.0 Å². The van der Waals surface area contributed by atoms with Crippen molar-refractivity contribution in [1.29, 1.82) is 0 Å². The van der Waals surface area contributed by atoms with Crippen molar-refractivity contribution in [1.82, 2.24) is 10.2 Å². The number of nitrogens with one attached hydrogen (secondary N) is 1. The number of hydrogen-bond donors (Lipinski definition) is 1. The zero-order valence-electron chi connectivity index (χ0n) is 19.6. The topological polar surface area (TPSA) is 94.2 Å². The minimum Gasteiger partial charge on any atom is -0.494 e. The van der Waals surface area contributed by atoms with Crippen LogP contribution < -0.4 is 10.1 Å². The number of hydrogen-bond acceptors (Lipinski definition) is 7. The van der Waals surface area contributed by atoms with Gasteiger partial charge in [0.25, 0.3) is 5.91 Å². The molecule has 1 saturated heterocycles. The summed E-state index contributed by atoms with van der Waals surface area (Å²) in [5.41, 5.74) is 0.720. The third kappa shape index (κ3) is 10.1. The molecule has 0 aromatic heterocycles. The van der Waals surface area contributed by atoms with Gasteiger partial charge >= 0.3 is 11.9 Å². The second kappa shape index (κ2) is 12.4. The largest absolute Gasteiger partial charge is 0.494 e. The van der Waals surface area contributed by atoms with Crippen LogP contribution in [0.25, 0.3) is 0 Å². The van der Waals surface area contributed by atoms with E-state index in [1.54, 1.807) is 0 Å². The molecule has 8 heteroatoms. The molecule has 8 nitrogen and oxygen atoms in total. The number of amides is 1. The number of esters is 2. The van der Waals surface area contributed by atoms with Crippen molar-refractivity contribution < 1.29 is 28.6 Å². The van der Waals surface area contributed by atoms with Gasteiger partial charge < -0.3 is 19.5 Å². The highest BCUT2D eigenvalue weighted by molar-refractivity contribution is 5.79. The van der Waals surface area contributed by atoms with Crippen molar-refractivity contribution in [2.75, 3.05) is 32.8 Å². The van der Waals surface area contributed by atoms with Crippen LogP contribution in [0.2, 0.25) is 0 Å². The van der Waals surface area contributed by atoms with Crippen LogP contribution in [0.15, 0.2) is 24.3 Å². The molecule has 1 aliphatic rings. The number of likely N-dealkylation sites (tertiary alicyclic amines) is 1. The van der Waals surface area contributed by atoms with E-state index in [9.17, 15) is 14.4 Å². The Morgan fingerprint density at radius 2 is 1.88 bits per heavy atom. The maximum atomic E-state index is 12.3. The van der Waals surface area contributed by atoms with Crippen molar-refractivity contribution >= 4 is 17.8 Å². The van der Waals surface area contributed by atoms with Crippen molar-refractivity contribution in [3.63, 3.8) is 0 Å². The minimum atomic E-state index is -0.476. The molecule has 0 bridgehead atoms. The van der Waals surface area contributed by atoms with Crippen LogP contribution in [-0.4, -0.2) is 61.2 Å². The Morgan fingerprint density at radius 1 is 1.16 bits per heavy atom. The second-order valence-electron chi connectivity index (χ2n) is 9.06. The monoisotopic (exact) mass is 448 g/mol. The molecule has 1 aromatic rings. The third-order valence-electron chi connectivity index (χ3n) is 4.95. The molecule has 0 unspecified atom stereocenters. The number of piperidine rings is 1. The van der Waals surface area contributed by atoms with Gasteiger partial charge in [0.2, 0.25) is 0 Å². The molecule has 32 heavy (non-hydrogen) atoms. The van der Waals surface area contributed by atoms with Crippen molar-refractivity contribution in [2.45, 2.75) is 59.1 Å². The quantitative estimate of drug-likeness (QED) is 0.434. The van der Waals surface area contributed by atoms with Crippen LogP contribution in [0.3, 0.4) is 0 Å². The second-order valence-corrected chi connectivity index (χ2v) is 9.06. The average Bonchev–Trinajstić information content (AvgIpc) is 2.71. The number of rotatable bonds is 10. The number of benzene rings is 1. The first kappa shape index (κ1) is 25.6. The maximum absolute atomic E-state index is 12.3. The first-order chi connectivity index (χ1) is 15.1. The van der Waals surface area contributed by atoms with E-state index in [-0.39, 0.29) is 24.4 Å². The summed E-state index contributed by atoms with van der Waals surface area (Å²) in [6.45, 7) is 10.2. The smallest absolute Gasteiger partial charge is 0.309 e. The number of carbonyl (C=O) groups excluding carboxylic acids is 3. The third-order valence-corrected chi connectivity index (χ3v) is 4.95. The highest BCUT2D eigenvalue weighted by Gasteiger charge is 2.29. The van der Waals surface area contributed by atoms with Gasteiger partial charge in [0.1, 0.15) is 11.4 Å². The molecule has 1 heterocycles. The lowest BCUT2D eigenvalue weighted by Gasteiger charge is -2.32. The maximum Gasteiger partial charge on any atom is 0.309 e. The van der Waals surface area contributed by atoms with Gasteiger partial charge in [-0.25, -0.2) is 0 Å². The van der Waals surface area contributed by atoms with Crippen LogP contribution >= 0.6 is 0 Å². The van der Waals surface area contributed by atoms with E-state index in [4.69, 9.17) is 9.47 Å². The zero-order valence-corrected chi connectivity index (χ0v) is 19.6. The number of carbonyl (C=O) groups is 3. The van der Waals surface area contributed by atoms with Gasteiger partial charge in [-0.05, 0) is 70.8 Å². The zero-order chi connectivity index (χ0) is 23.6. The molecule has 1 amide bonds. The number of nitrogens with zero attached hydrogens (tertiary/aromatic N) is 1. The van der Waals surface area contributed by atoms with E-state index in [0.29, 0.717) is 19.6 Å². The molecule has 0 saturated carbocycles. The molecule has 178 valence electrons. The lowest BCUT2D eigenvalue weighted by molar-refractivity contribution is -0.161. The molecule has 2 rings (SSSR count). The van der Waals surface area contributed by atoms with Crippen LogP contribution in [0.5, 0.6) is 5.75 Å². The Morgan fingerprint density at radius 3 is 2.53 bits per heavy atom. The summed E-state index contributed by atoms with van der Waals surface area (Å²) in [4.78, 5) is 36.8. The Balaban J connectivity index is 1.67. The highest BCUT2D eigenvalue weighted by atomic mass is 16.6. The predicted octanol–water partition coefficient (Wildman–Crippen LogP) is 2.69. The number of ether oxygens (including phenoxy) is 3. The first-order valence-corrected chi connectivity index (χ1v) is 11.2. The van der Waals surface area contributed by atoms with E-state index in [0.717, 1.165) is 43.8 Å². The highest BCUT2D eigenvalue weighted by Crippen LogP contribution is 2.23. The predicted molar refractivity (Wildman–Crippen MR) is 120 cm³/mol. The lowest BCUT2D eigenvalue weighted by Crippen LogP contribution is -2.38. The SMILES string of the molecule is CC(=O)OCC(=O)NCCCOc1cccc(CN2CCC(C(=O)OC(C)(C)C)CC2)c1. The van der Waals surface area contributed by atoms with Gasteiger partial charge in [0.05, 0.1) is 12.5 Å². The van der Waals surface area contributed by atoms with Crippen LogP contribution in [0.4, 0.5) is 0 Å². The fraction of sp³-hybridized carbons (Fsp3) is 0.625. The van der Waals surface area contributed by atoms with Crippen LogP contribution in [0.1, 0.15) is 52.5 Å². The summed E-state index contributed by atoms with van der Waals surface area (Å²) in [6, 6.07) is 7.98. The van der Waals surface area contributed by atoms with Gasteiger partial charge in [-0.15, -0.1) is 0 Å². The summed E-state index contributed by atoms with van der Waals surface area (Å²) >= 11 is 0. The minimum absolute atomic E-state index is 0.0188. The van der Waals surface area contributed by atoms with E-state index in [2.05, 4.69) is 21.0 Å². The Kier molecular flexibility index (Phi) is 9.97. The van der Waals surface area contributed by atoms with E-state index >= 15 is 0 Å². The summed E-state index contributed by atoms with van der Waals surface area (Å²) in [6.07, 6.45) is 2.27. The van der Waals surface area contributed by atoms with E-state index in [1.165, 1.54) is 6.92 Å². The van der Waals surface area contributed by atoms with Crippen molar-refractivity contribution in [2.24, 2.45) is 5.92 Å². The fourth-order valence-electron chi connectivity index (χ4n) is 3.41. The molecule has 1 N–H and O–H groups in total. The molecule has 1 fully saturated rings. The Bertz CT molecular complexity index is 766. The molecule has 1 aromatic carbocycles. The molecule has 0 atom stereocenters. The summed E-state index contributed by atoms with van der Waals surface area (Å²) in [7, 11) is 0. The standard InChI is InChI=1S/C24H36N2O6/c1-18(27)31-17-22(28)25-11-6-14-30-21-8-5-7-19(15-21)16-26-12-9-20(10-13-26)23(29)32-24(2,3)4/h5,7-8,15,20H,6,9-14,16-17H2,1-4H3,(H,25,28). The van der Waals surface area contributed by atoms with Gasteiger partial charge in [-0.3, -0.25) is 19.3 Å². The summed E-state index contributed by atoms with van der Waals surface area (Å²) in [5.74, 6) is -0.115. The van der Waals surface area contributed by atoms with Gasteiger partial charge in [-0.2, -0.15) is 0 Å². The molecule has 0 radical (unpaired) electrons. The Hall–Kier alpha value is -2.61. The van der Waals surface area contributed by atoms with Crippen LogP contribution in [-0.2, 0) is 30.4 Å². The molecule has 1 aliphatic heterocycles. The summed E-state index contributed by atoms with van der Waals surface area (Å²) in [5, 5.41) is 2.68. The lowest BCUT2D eigenvalue weighted by atomic mass is 9.96. The molecule has 0 spiro atoms. The van der Waals surface area contributed by atoms with Crippen molar-refractivity contribution in [3.05, 3.63) is 29.8 Å². The van der Waals surface area contributed by atoms with Gasteiger partial charge in [0.15, 0.2) is 6.61 Å². The van der Waals surface area contributed by atoms with E-state index in [1.807, 2.05) is 39.0 Å². The molecule has 0 aliphatic carbocycles. The van der Waals surface area contributed by atoms with Crippen LogP contribution in [0, 0.1) is 5.92 Å². The molecular formula is C24H36N2O6. The Labute approximate surface area is 190 Å². The fourth-order valence-corrected chi connectivity index (χ4v) is 3.41. The normalized spacial score (nSPS) is 15.1. The van der Waals surface area contributed by atoms with Gasteiger partial charge in [-0.1, -0.05) is 12.1 Å². The molecular weight excluding hydrogens is 412 g/mol. The first-order valence-electron chi connectivity index (χ1n) is 11.2.